The molecule has 1 atom stereocenters. The lowest BCUT2D eigenvalue weighted by molar-refractivity contribution is -0.140. The van der Waals surface area contributed by atoms with E-state index in [1.165, 1.54) is 25.2 Å². The van der Waals surface area contributed by atoms with Gasteiger partial charge in [0.25, 0.3) is 11.7 Å². The molecule has 1 aliphatic heterocycles. The van der Waals surface area contributed by atoms with Crippen LogP contribution >= 0.6 is 23.2 Å². The molecule has 2 aromatic carbocycles. The number of likely N-dealkylation sites (N-methyl/N-ethyl adjacent to an activating group) is 1. The third-order valence-corrected chi connectivity index (χ3v) is 6.94. The summed E-state index contributed by atoms with van der Waals surface area (Å²) in [5.41, 5.74) is 0.634. The summed E-state index contributed by atoms with van der Waals surface area (Å²) in [4.78, 5) is 30.2. The van der Waals surface area contributed by atoms with Crippen LogP contribution in [-0.4, -0.2) is 74.1 Å². The normalized spacial score (nSPS) is 17.1. The maximum absolute atomic E-state index is 13.3. The van der Waals surface area contributed by atoms with Crippen LogP contribution in [-0.2, 0) is 9.59 Å². The summed E-state index contributed by atoms with van der Waals surface area (Å²) in [5, 5.41) is 11.6. The summed E-state index contributed by atoms with van der Waals surface area (Å²) >= 11 is 12.7. The first-order valence-electron chi connectivity index (χ1n) is 11.5. The second-order valence-electron chi connectivity index (χ2n) is 8.08. The molecule has 0 radical (unpaired) electrons. The van der Waals surface area contributed by atoms with Gasteiger partial charge in [0.1, 0.15) is 16.5 Å². The van der Waals surface area contributed by atoms with Crippen LogP contribution in [0, 0.1) is 0 Å². The van der Waals surface area contributed by atoms with Crippen LogP contribution in [0.2, 0.25) is 10.0 Å². The lowest BCUT2D eigenvalue weighted by Gasteiger charge is -2.28. The molecule has 3 rings (SSSR count). The van der Waals surface area contributed by atoms with Crippen LogP contribution in [0.3, 0.4) is 0 Å². The molecular weight excluding hydrogens is 507 g/mol. The van der Waals surface area contributed by atoms with Crippen LogP contribution in [0.25, 0.3) is 5.76 Å². The van der Waals surface area contributed by atoms with Crippen molar-refractivity contribution < 1.29 is 28.9 Å². The average Bonchev–Trinajstić information content (AvgIpc) is 3.13. The molecule has 2 aromatic rings. The number of carbonyl (C=O) groups is 2. The number of hydrogen-bond donors (Lipinski definition) is 1. The number of nitrogens with zero attached hydrogens (tertiary/aromatic N) is 2. The molecule has 0 aromatic heterocycles. The Kier molecular flexibility index (Phi) is 9.11. The molecule has 1 saturated heterocycles. The van der Waals surface area contributed by atoms with E-state index >= 15 is 0 Å². The van der Waals surface area contributed by atoms with Crippen LogP contribution < -0.4 is 14.2 Å². The van der Waals surface area contributed by atoms with Crippen molar-refractivity contribution in [1.82, 2.24) is 9.80 Å². The zero-order chi connectivity index (χ0) is 26.6. The average molecular weight is 537 g/mol. The number of aliphatic hydroxyl groups excluding tert-OH is 1. The molecular formula is C26H30Cl2N2O6. The number of likely N-dealkylation sites (tertiary alicyclic amines) is 1. The van der Waals surface area contributed by atoms with Crippen molar-refractivity contribution in [3.8, 4) is 17.2 Å². The number of ketones is 1. The van der Waals surface area contributed by atoms with Crippen LogP contribution in [0.5, 0.6) is 17.2 Å². The minimum Gasteiger partial charge on any atom is -0.507 e. The Morgan fingerprint density at radius 3 is 2.14 bits per heavy atom. The quantitative estimate of drug-likeness (QED) is 0.265. The van der Waals surface area contributed by atoms with Crippen molar-refractivity contribution in [3.05, 3.63) is 57.1 Å². The number of benzene rings is 2. The van der Waals surface area contributed by atoms with Gasteiger partial charge in [-0.15, -0.1) is 0 Å². The molecule has 1 unspecified atom stereocenters. The van der Waals surface area contributed by atoms with E-state index in [2.05, 4.69) is 4.90 Å². The SMILES string of the molecule is CCN(CC)CCN1C(=O)C(=O)/C(=C(/O)c2cc(Cl)c(OC)c(Cl)c2OC)C1c1ccc(OC)cc1. The molecule has 10 heteroatoms. The maximum Gasteiger partial charge on any atom is 0.295 e. The number of ether oxygens (including phenoxy) is 3. The van der Waals surface area contributed by atoms with Crippen molar-refractivity contribution >= 4 is 40.7 Å². The molecule has 36 heavy (non-hydrogen) atoms. The van der Waals surface area contributed by atoms with Gasteiger partial charge in [-0.05, 0) is 36.9 Å². The van der Waals surface area contributed by atoms with E-state index in [1.807, 2.05) is 13.8 Å². The van der Waals surface area contributed by atoms with Crippen molar-refractivity contribution in [2.24, 2.45) is 0 Å². The van der Waals surface area contributed by atoms with Gasteiger partial charge in [-0.3, -0.25) is 9.59 Å². The first kappa shape index (κ1) is 27.6. The summed E-state index contributed by atoms with van der Waals surface area (Å²) in [6, 6.07) is 7.56. The highest BCUT2D eigenvalue weighted by Crippen LogP contribution is 2.47. The summed E-state index contributed by atoms with van der Waals surface area (Å²) in [5.74, 6) is -1.10. The topological polar surface area (TPSA) is 88.5 Å². The van der Waals surface area contributed by atoms with Crippen LogP contribution in [0.15, 0.2) is 35.9 Å². The van der Waals surface area contributed by atoms with E-state index in [9.17, 15) is 14.7 Å². The van der Waals surface area contributed by atoms with E-state index in [0.29, 0.717) is 24.4 Å². The van der Waals surface area contributed by atoms with Gasteiger partial charge >= 0.3 is 0 Å². The monoisotopic (exact) mass is 536 g/mol. The van der Waals surface area contributed by atoms with E-state index in [4.69, 9.17) is 37.4 Å². The Bertz CT molecular complexity index is 1160. The van der Waals surface area contributed by atoms with Crippen LogP contribution in [0.1, 0.15) is 31.0 Å². The molecule has 1 fully saturated rings. The highest BCUT2D eigenvalue weighted by molar-refractivity contribution is 6.47. The van der Waals surface area contributed by atoms with Gasteiger partial charge in [0.2, 0.25) is 0 Å². The van der Waals surface area contributed by atoms with Crippen molar-refractivity contribution in [1.29, 1.82) is 0 Å². The molecule has 0 spiro atoms. The number of hydrogen-bond acceptors (Lipinski definition) is 7. The number of methoxy groups -OCH3 is 3. The standard InChI is InChI=1S/C26H30Cl2N2O6/c1-6-29(7-2)12-13-30-21(15-8-10-16(34-3)11-9-15)19(23(32)26(30)33)22(31)17-14-18(27)25(36-5)20(28)24(17)35-4/h8-11,14,21,31H,6-7,12-13H2,1-5H3/b22-19+. The van der Waals surface area contributed by atoms with Gasteiger partial charge in [0, 0.05) is 13.1 Å². The Hall–Kier alpha value is -2.94. The lowest BCUT2D eigenvalue weighted by Crippen LogP contribution is -2.38. The fraction of sp³-hybridized carbons (Fsp3) is 0.385. The van der Waals surface area contributed by atoms with Gasteiger partial charge in [-0.1, -0.05) is 49.2 Å². The number of halogens is 2. The highest BCUT2D eigenvalue weighted by atomic mass is 35.5. The van der Waals surface area contributed by atoms with E-state index in [0.717, 1.165) is 13.1 Å². The summed E-state index contributed by atoms with van der Waals surface area (Å²) in [6.45, 7) is 6.52. The predicted molar refractivity (Wildman–Crippen MR) is 139 cm³/mol. The minimum absolute atomic E-state index is 0.0332. The lowest BCUT2D eigenvalue weighted by atomic mass is 9.94. The fourth-order valence-electron chi connectivity index (χ4n) is 4.32. The van der Waals surface area contributed by atoms with Crippen LogP contribution in [0.4, 0.5) is 0 Å². The van der Waals surface area contributed by atoms with Gasteiger partial charge in [-0.2, -0.15) is 0 Å². The Labute approximate surface area is 220 Å². The first-order valence-corrected chi connectivity index (χ1v) is 12.2. The number of carbonyl (C=O) groups excluding carboxylic acids is 2. The summed E-state index contributed by atoms with van der Waals surface area (Å²) < 4.78 is 15.9. The Balaban J connectivity index is 2.22. The maximum atomic E-state index is 13.3. The molecule has 0 bridgehead atoms. The fourth-order valence-corrected chi connectivity index (χ4v) is 5.01. The molecule has 1 aliphatic rings. The number of rotatable bonds is 10. The molecule has 1 heterocycles. The van der Waals surface area contributed by atoms with Crippen molar-refractivity contribution in [2.75, 3.05) is 47.5 Å². The van der Waals surface area contributed by atoms with Gasteiger partial charge in [-0.25, -0.2) is 0 Å². The molecule has 8 nitrogen and oxygen atoms in total. The summed E-state index contributed by atoms with van der Waals surface area (Å²) in [7, 11) is 4.32. The van der Waals surface area contributed by atoms with Crippen molar-refractivity contribution in [3.63, 3.8) is 0 Å². The van der Waals surface area contributed by atoms with Gasteiger partial charge in [0.05, 0.1) is 43.5 Å². The number of aliphatic hydroxyl groups is 1. The molecule has 0 saturated carbocycles. The third-order valence-electron chi connectivity index (χ3n) is 6.32. The highest BCUT2D eigenvalue weighted by Gasteiger charge is 2.46. The van der Waals surface area contributed by atoms with Gasteiger partial charge < -0.3 is 29.1 Å². The molecule has 1 amide bonds. The number of Topliss-reactive ketones (excluding diaryl/α,β-unsaturated/α-hetero) is 1. The zero-order valence-corrected chi connectivity index (χ0v) is 22.4. The second-order valence-corrected chi connectivity index (χ2v) is 8.86. The Morgan fingerprint density at radius 1 is 1.00 bits per heavy atom. The molecule has 194 valence electrons. The number of amides is 1. The van der Waals surface area contributed by atoms with E-state index in [1.54, 1.807) is 31.4 Å². The largest absolute Gasteiger partial charge is 0.507 e. The smallest absolute Gasteiger partial charge is 0.295 e. The molecule has 1 N–H and O–H groups in total. The van der Waals surface area contributed by atoms with E-state index in [-0.39, 0.29) is 32.7 Å². The molecule has 0 aliphatic carbocycles. The van der Waals surface area contributed by atoms with E-state index < -0.39 is 23.5 Å². The van der Waals surface area contributed by atoms with Crippen molar-refractivity contribution in [2.45, 2.75) is 19.9 Å². The minimum atomic E-state index is -0.837. The Morgan fingerprint density at radius 2 is 1.61 bits per heavy atom. The van der Waals surface area contributed by atoms with Gasteiger partial charge in [0.15, 0.2) is 11.5 Å². The zero-order valence-electron chi connectivity index (χ0n) is 20.9. The third kappa shape index (κ3) is 5.12. The predicted octanol–water partition coefficient (Wildman–Crippen LogP) is 4.78. The summed E-state index contributed by atoms with van der Waals surface area (Å²) in [6.07, 6.45) is 0. The second kappa shape index (κ2) is 11.9. The first-order chi connectivity index (χ1) is 17.2.